The molecular weight excluding hydrogens is 517 g/mol. The van der Waals surface area contributed by atoms with E-state index >= 15 is 0 Å². The van der Waals surface area contributed by atoms with Crippen molar-refractivity contribution in [2.24, 2.45) is 5.73 Å². The molecule has 0 spiro atoms. The molecule has 1 aromatic carbocycles. The van der Waals surface area contributed by atoms with Gasteiger partial charge in [-0.2, -0.15) is 5.10 Å². The number of fused-ring (bicyclic) bond motifs is 1. The lowest BCUT2D eigenvalue weighted by atomic mass is 9.94. The van der Waals surface area contributed by atoms with E-state index in [4.69, 9.17) is 38.1 Å². The predicted octanol–water partition coefficient (Wildman–Crippen LogP) is 4.46. The zero-order valence-electron chi connectivity index (χ0n) is 20.8. The average molecular weight is 550 g/mol. The summed E-state index contributed by atoms with van der Waals surface area (Å²) < 4.78 is 1.85. The van der Waals surface area contributed by atoms with E-state index in [0.29, 0.717) is 16.0 Å². The minimum Gasteiger partial charge on any atom is -0.465 e. The maximum atomic E-state index is 10.9. The molecule has 2 saturated heterocycles. The monoisotopic (exact) mass is 549 g/mol. The van der Waals surface area contributed by atoms with Gasteiger partial charge in [0, 0.05) is 35.2 Å². The Kier molecular flexibility index (Phi) is 10.9. The molecule has 2 amide bonds. The van der Waals surface area contributed by atoms with E-state index in [1.807, 2.05) is 29.9 Å². The lowest BCUT2D eigenvalue weighted by Gasteiger charge is -2.28. The second-order valence-electron chi connectivity index (χ2n) is 9.00. The van der Waals surface area contributed by atoms with Crippen LogP contribution in [0.1, 0.15) is 62.2 Å². The number of carboxylic acid groups (broad SMARTS) is 1. The number of aromatic nitrogens is 4. The van der Waals surface area contributed by atoms with Crippen molar-refractivity contribution in [3.8, 4) is 0 Å². The summed E-state index contributed by atoms with van der Waals surface area (Å²) in [7, 11) is 0. The molecular formula is C25H33Cl2N7O3. The van der Waals surface area contributed by atoms with Crippen molar-refractivity contribution in [3.63, 3.8) is 0 Å². The molecule has 37 heavy (non-hydrogen) atoms. The van der Waals surface area contributed by atoms with Crippen LogP contribution in [0.4, 0.5) is 4.79 Å². The largest absolute Gasteiger partial charge is 0.465 e. The van der Waals surface area contributed by atoms with Crippen LogP contribution in [0.15, 0.2) is 30.6 Å². The van der Waals surface area contributed by atoms with E-state index in [9.17, 15) is 4.79 Å². The molecule has 10 nitrogen and oxygen atoms in total. The first-order chi connectivity index (χ1) is 17.8. The normalized spacial score (nSPS) is 16.7. The first-order valence-corrected chi connectivity index (χ1v) is 13.1. The van der Waals surface area contributed by atoms with Crippen LogP contribution in [0.5, 0.6) is 0 Å². The lowest BCUT2D eigenvalue weighted by molar-refractivity contribution is -0.119. The van der Waals surface area contributed by atoms with E-state index in [2.05, 4.69) is 21.1 Å². The fourth-order valence-electron chi connectivity index (χ4n) is 4.39. The molecule has 12 heteroatoms. The summed E-state index contributed by atoms with van der Waals surface area (Å²) in [6.07, 6.45) is 9.14. The van der Waals surface area contributed by atoms with Crippen molar-refractivity contribution >= 4 is 46.9 Å². The van der Waals surface area contributed by atoms with Crippen LogP contribution < -0.4 is 11.1 Å². The molecule has 5 rings (SSSR count). The van der Waals surface area contributed by atoms with Gasteiger partial charge in [0.25, 0.3) is 0 Å². The van der Waals surface area contributed by atoms with E-state index in [0.717, 1.165) is 54.8 Å². The minimum absolute atomic E-state index is 0.103. The number of halogens is 2. The molecule has 2 aliphatic heterocycles. The van der Waals surface area contributed by atoms with Gasteiger partial charge in [-0.15, -0.1) is 0 Å². The van der Waals surface area contributed by atoms with Gasteiger partial charge in [0.05, 0.1) is 17.9 Å². The number of nitrogens with two attached hydrogens (primary N) is 1. The molecule has 0 saturated carbocycles. The summed E-state index contributed by atoms with van der Waals surface area (Å²) in [6.45, 7) is 6.03. The third-order valence-corrected chi connectivity index (χ3v) is 6.97. The van der Waals surface area contributed by atoms with E-state index in [1.165, 1.54) is 32.4 Å². The molecule has 200 valence electrons. The summed E-state index contributed by atoms with van der Waals surface area (Å²) in [5.74, 6) is 0.302. The SMILES string of the molecule is C1CCNCC1.C[C@H](c1ccc(Cl)cc1Cl)n1ncc2ncc(C3CCN(C=O)CC3)nc21.NC(=O)O. The Hall–Kier alpha value is -2.95. The predicted molar refractivity (Wildman–Crippen MR) is 144 cm³/mol. The molecule has 2 aromatic heterocycles. The van der Waals surface area contributed by atoms with Crippen molar-refractivity contribution in [2.75, 3.05) is 26.2 Å². The van der Waals surface area contributed by atoms with Crippen molar-refractivity contribution in [3.05, 3.63) is 51.9 Å². The number of carbonyl (C=O) groups is 2. The average Bonchev–Trinajstić information content (AvgIpc) is 3.33. The molecule has 2 aliphatic rings. The third kappa shape index (κ3) is 8.28. The van der Waals surface area contributed by atoms with Crippen LogP contribution in [0, 0.1) is 0 Å². The Bertz CT molecular complexity index is 1160. The van der Waals surface area contributed by atoms with Crippen molar-refractivity contribution in [1.82, 2.24) is 30.0 Å². The molecule has 0 aliphatic carbocycles. The smallest absolute Gasteiger partial charge is 0.402 e. The fraction of sp³-hybridized carbons (Fsp3) is 0.480. The first kappa shape index (κ1) is 28.6. The lowest BCUT2D eigenvalue weighted by Crippen LogP contribution is -2.31. The zero-order chi connectivity index (χ0) is 26.8. The number of nitrogens with one attached hydrogen (secondary N) is 1. The highest BCUT2D eigenvalue weighted by Crippen LogP contribution is 2.31. The Morgan fingerprint density at radius 2 is 1.86 bits per heavy atom. The van der Waals surface area contributed by atoms with Gasteiger partial charge >= 0.3 is 6.09 Å². The number of rotatable bonds is 4. The summed E-state index contributed by atoms with van der Waals surface area (Å²) in [5.41, 5.74) is 7.40. The molecule has 3 aromatic rings. The highest BCUT2D eigenvalue weighted by Gasteiger charge is 2.23. The fourth-order valence-corrected chi connectivity index (χ4v) is 4.95. The van der Waals surface area contributed by atoms with Gasteiger partial charge in [-0.05, 0) is 63.4 Å². The Morgan fingerprint density at radius 1 is 1.19 bits per heavy atom. The van der Waals surface area contributed by atoms with Gasteiger partial charge in [-0.3, -0.25) is 4.79 Å². The quantitative estimate of drug-likeness (QED) is 0.408. The van der Waals surface area contributed by atoms with E-state index in [-0.39, 0.29) is 6.04 Å². The van der Waals surface area contributed by atoms with Crippen LogP contribution in [0.25, 0.3) is 11.2 Å². The molecule has 4 N–H and O–H groups in total. The number of amides is 2. The first-order valence-electron chi connectivity index (χ1n) is 12.3. The summed E-state index contributed by atoms with van der Waals surface area (Å²) >= 11 is 12.4. The number of hydrogen-bond acceptors (Lipinski definition) is 6. The van der Waals surface area contributed by atoms with Crippen molar-refractivity contribution < 1.29 is 14.7 Å². The zero-order valence-corrected chi connectivity index (χ0v) is 22.3. The maximum Gasteiger partial charge on any atom is 0.402 e. The second kappa shape index (κ2) is 14.1. The van der Waals surface area contributed by atoms with Crippen molar-refractivity contribution in [2.45, 2.75) is 51.0 Å². The van der Waals surface area contributed by atoms with Crippen LogP contribution in [0.3, 0.4) is 0 Å². The summed E-state index contributed by atoms with van der Waals surface area (Å²) in [4.78, 5) is 30.9. The molecule has 0 unspecified atom stereocenters. The second-order valence-corrected chi connectivity index (χ2v) is 9.84. The Morgan fingerprint density at radius 3 is 2.41 bits per heavy atom. The van der Waals surface area contributed by atoms with Crippen molar-refractivity contribution in [1.29, 1.82) is 0 Å². The van der Waals surface area contributed by atoms with Gasteiger partial charge in [0.1, 0.15) is 5.52 Å². The van der Waals surface area contributed by atoms with Crippen LogP contribution >= 0.6 is 23.2 Å². The van der Waals surface area contributed by atoms with Crippen LogP contribution in [0.2, 0.25) is 10.0 Å². The summed E-state index contributed by atoms with van der Waals surface area (Å²) in [5, 5.41) is 16.2. The number of likely N-dealkylation sites (tertiary alicyclic amines) is 1. The minimum atomic E-state index is -1.33. The number of piperidine rings is 2. The highest BCUT2D eigenvalue weighted by molar-refractivity contribution is 6.35. The number of benzene rings is 1. The standard InChI is InChI=1S/C19H19Cl2N5O.C5H11N.CH3NO2/c1-12(15-3-2-14(20)8-16(15)21)26-19-18(10-23-26)22-9-17(24-19)13-4-6-25(11-27)7-5-13;1-2-4-6-5-3-1;2-1(3)4/h2-3,8-13H,4-7H2,1H3;6H,1-5H2;2H2,(H,3,4)/t12-;;/m1../s1. The highest BCUT2D eigenvalue weighted by atomic mass is 35.5. The van der Waals surface area contributed by atoms with Crippen LogP contribution in [-0.2, 0) is 4.79 Å². The number of hydrogen-bond donors (Lipinski definition) is 3. The Labute approximate surface area is 226 Å². The number of primary amides is 1. The van der Waals surface area contributed by atoms with Gasteiger partial charge < -0.3 is 21.1 Å². The number of carbonyl (C=O) groups excluding carboxylic acids is 1. The topological polar surface area (TPSA) is 139 Å². The number of nitrogens with zero attached hydrogens (tertiary/aromatic N) is 5. The van der Waals surface area contributed by atoms with Gasteiger partial charge in [0.2, 0.25) is 6.41 Å². The van der Waals surface area contributed by atoms with E-state index < -0.39 is 6.09 Å². The molecule has 2 fully saturated rings. The van der Waals surface area contributed by atoms with Gasteiger partial charge in [-0.25, -0.2) is 19.4 Å². The van der Waals surface area contributed by atoms with Gasteiger partial charge in [0.15, 0.2) is 5.65 Å². The molecule has 1 atom stereocenters. The van der Waals surface area contributed by atoms with Crippen LogP contribution in [-0.4, -0.2) is 68.4 Å². The van der Waals surface area contributed by atoms with E-state index in [1.54, 1.807) is 17.2 Å². The molecule has 0 radical (unpaired) electrons. The maximum absolute atomic E-state index is 10.9. The van der Waals surface area contributed by atoms with Gasteiger partial charge in [-0.1, -0.05) is 35.7 Å². The summed E-state index contributed by atoms with van der Waals surface area (Å²) in [6, 6.07) is 5.37. The third-order valence-electron chi connectivity index (χ3n) is 6.40. The Balaban J connectivity index is 0.000000320. The molecule has 0 bridgehead atoms. The molecule has 4 heterocycles.